The van der Waals surface area contributed by atoms with Gasteiger partial charge in [-0.1, -0.05) is 18.0 Å². The van der Waals surface area contributed by atoms with Crippen molar-refractivity contribution in [1.29, 1.82) is 0 Å². The van der Waals surface area contributed by atoms with Gasteiger partial charge >= 0.3 is 0 Å². The van der Waals surface area contributed by atoms with Crippen LogP contribution in [0.3, 0.4) is 0 Å². The molecule has 1 aromatic heterocycles. The van der Waals surface area contributed by atoms with E-state index in [1.54, 1.807) is 0 Å². The Bertz CT molecular complexity index is 570. The molecule has 1 saturated carbocycles. The highest BCUT2D eigenvalue weighted by atomic mass is 35.5. The van der Waals surface area contributed by atoms with Gasteiger partial charge in [0.1, 0.15) is 5.82 Å². The van der Waals surface area contributed by atoms with Gasteiger partial charge in [-0.25, -0.2) is 4.98 Å². The van der Waals surface area contributed by atoms with Crippen molar-refractivity contribution in [3.05, 3.63) is 29.0 Å². The third-order valence-electron chi connectivity index (χ3n) is 3.76. The van der Waals surface area contributed by atoms with Gasteiger partial charge in [-0.3, -0.25) is 0 Å². The van der Waals surface area contributed by atoms with Crippen molar-refractivity contribution in [3.8, 4) is 0 Å². The highest BCUT2D eigenvalue weighted by Gasteiger charge is 2.22. The number of alkyl halides is 1. The number of benzene rings is 1. The predicted molar refractivity (Wildman–Crippen MR) is 76.4 cm³/mol. The van der Waals surface area contributed by atoms with Gasteiger partial charge in [0.05, 0.1) is 16.4 Å². The quantitative estimate of drug-likeness (QED) is 0.740. The van der Waals surface area contributed by atoms with Crippen molar-refractivity contribution in [2.45, 2.75) is 38.1 Å². The maximum Gasteiger partial charge on any atom is 0.127 e. The lowest BCUT2D eigenvalue weighted by Crippen LogP contribution is -2.19. The molecule has 0 radical (unpaired) electrons. The summed E-state index contributed by atoms with van der Waals surface area (Å²) >= 11 is 12.3. The first-order valence-corrected chi connectivity index (χ1v) is 7.26. The number of imidazole rings is 1. The van der Waals surface area contributed by atoms with E-state index in [9.17, 15) is 0 Å². The van der Waals surface area contributed by atoms with Crippen molar-refractivity contribution in [2.24, 2.45) is 5.92 Å². The fourth-order valence-corrected chi connectivity index (χ4v) is 2.88. The Kier molecular flexibility index (Phi) is 3.25. The molecule has 1 unspecified atom stereocenters. The second-order valence-electron chi connectivity index (χ2n) is 5.13. The zero-order valence-corrected chi connectivity index (χ0v) is 11.9. The van der Waals surface area contributed by atoms with Gasteiger partial charge in [-0.2, -0.15) is 0 Å². The number of hydrogen-bond donors (Lipinski definition) is 0. The lowest BCUT2D eigenvalue weighted by atomic mass is 9.85. The topological polar surface area (TPSA) is 17.8 Å². The highest BCUT2D eigenvalue weighted by Crippen LogP contribution is 2.32. The van der Waals surface area contributed by atoms with E-state index in [2.05, 4.69) is 9.55 Å². The smallest absolute Gasteiger partial charge is 0.127 e. The molecule has 2 aromatic rings. The molecule has 1 aliphatic rings. The van der Waals surface area contributed by atoms with E-state index in [-0.39, 0.29) is 5.38 Å². The molecule has 0 saturated heterocycles. The summed E-state index contributed by atoms with van der Waals surface area (Å²) in [6, 6.07) is 5.84. The first kappa shape index (κ1) is 12.3. The van der Waals surface area contributed by atoms with Gasteiger partial charge in [-0.05, 0) is 43.9 Å². The van der Waals surface area contributed by atoms with Crippen molar-refractivity contribution in [1.82, 2.24) is 9.55 Å². The minimum Gasteiger partial charge on any atom is -0.326 e. The summed E-state index contributed by atoms with van der Waals surface area (Å²) in [6.45, 7) is 2.99. The number of fused-ring (bicyclic) bond motifs is 1. The summed E-state index contributed by atoms with van der Waals surface area (Å²) in [4.78, 5) is 4.64. The molecular formula is C14H16Cl2N2. The van der Waals surface area contributed by atoms with E-state index in [0.717, 1.165) is 34.3 Å². The molecule has 0 amide bonds. The van der Waals surface area contributed by atoms with Crippen LogP contribution in [-0.2, 0) is 6.54 Å². The normalized spacial score (nSPS) is 17.9. The Morgan fingerprint density at radius 2 is 2.22 bits per heavy atom. The van der Waals surface area contributed by atoms with Gasteiger partial charge in [-0.15, -0.1) is 11.6 Å². The van der Waals surface area contributed by atoms with E-state index in [1.165, 1.54) is 19.3 Å². The SMILES string of the molecule is CC(Cl)c1nc2ccc(Cl)cc2n1CC1CCC1. The van der Waals surface area contributed by atoms with E-state index >= 15 is 0 Å². The van der Waals surface area contributed by atoms with Gasteiger partial charge in [0.25, 0.3) is 0 Å². The Morgan fingerprint density at radius 3 is 2.83 bits per heavy atom. The summed E-state index contributed by atoms with van der Waals surface area (Å²) in [5.41, 5.74) is 2.10. The first-order chi connectivity index (χ1) is 8.65. The average molecular weight is 283 g/mol. The minimum absolute atomic E-state index is 0.0729. The molecule has 18 heavy (non-hydrogen) atoms. The molecule has 0 bridgehead atoms. The number of halogens is 2. The Morgan fingerprint density at radius 1 is 1.44 bits per heavy atom. The van der Waals surface area contributed by atoms with Crippen LogP contribution in [0.1, 0.15) is 37.4 Å². The lowest BCUT2D eigenvalue weighted by Gasteiger charge is -2.27. The molecule has 4 heteroatoms. The van der Waals surface area contributed by atoms with Gasteiger partial charge in [0.15, 0.2) is 0 Å². The number of nitrogens with zero attached hydrogens (tertiary/aromatic N) is 2. The fourth-order valence-electron chi connectivity index (χ4n) is 2.54. The number of aromatic nitrogens is 2. The molecule has 3 rings (SSSR count). The van der Waals surface area contributed by atoms with Crippen molar-refractivity contribution < 1.29 is 0 Å². The molecule has 0 N–H and O–H groups in total. The number of hydrogen-bond acceptors (Lipinski definition) is 1. The van der Waals surface area contributed by atoms with Crippen LogP contribution >= 0.6 is 23.2 Å². The molecule has 96 valence electrons. The van der Waals surface area contributed by atoms with Crippen LogP contribution in [-0.4, -0.2) is 9.55 Å². The van der Waals surface area contributed by atoms with Gasteiger partial charge < -0.3 is 4.57 Å². The van der Waals surface area contributed by atoms with Crippen LogP contribution in [0, 0.1) is 5.92 Å². The minimum atomic E-state index is -0.0729. The third kappa shape index (κ3) is 2.12. The number of rotatable bonds is 3. The maximum absolute atomic E-state index is 6.25. The molecule has 2 nitrogen and oxygen atoms in total. The second-order valence-corrected chi connectivity index (χ2v) is 6.22. The molecule has 1 atom stereocenters. The van der Waals surface area contributed by atoms with Crippen LogP contribution < -0.4 is 0 Å². The first-order valence-electron chi connectivity index (χ1n) is 6.45. The fraction of sp³-hybridized carbons (Fsp3) is 0.500. The monoisotopic (exact) mass is 282 g/mol. The standard InChI is InChI=1S/C14H16Cl2N2/c1-9(15)14-17-12-6-5-11(16)7-13(12)18(14)8-10-3-2-4-10/h5-7,9-10H,2-4,8H2,1H3. The van der Waals surface area contributed by atoms with Gasteiger partial charge in [0, 0.05) is 11.6 Å². The molecule has 1 aromatic carbocycles. The zero-order chi connectivity index (χ0) is 12.7. The van der Waals surface area contributed by atoms with Crippen LogP contribution in [0.5, 0.6) is 0 Å². The molecule has 0 spiro atoms. The Hall–Kier alpha value is -0.730. The Balaban J connectivity index is 2.10. The van der Waals surface area contributed by atoms with E-state index < -0.39 is 0 Å². The van der Waals surface area contributed by atoms with Crippen LogP contribution in [0.4, 0.5) is 0 Å². The van der Waals surface area contributed by atoms with E-state index in [4.69, 9.17) is 23.2 Å². The summed E-state index contributed by atoms with van der Waals surface area (Å²) in [5, 5.41) is 0.683. The van der Waals surface area contributed by atoms with Crippen LogP contribution in [0.25, 0.3) is 11.0 Å². The third-order valence-corrected chi connectivity index (χ3v) is 4.19. The lowest BCUT2D eigenvalue weighted by molar-refractivity contribution is 0.276. The highest BCUT2D eigenvalue weighted by molar-refractivity contribution is 6.31. The molecule has 1 fully saturated rings. The van der Waals surface area contributed by atoms with E-state index in [1.807, 2.05) is 25.1 Å². The summed E-state index contributed by atoms with van der Waals surface area (Å²) in [7, 11) is 0. The van der Waals surface area contributed by atoms with Crippen LogP contribution in [0.2, 0.25) is 5.02 Å². The predicted octanol–water partition coefficient (Wildman–Crippen LogP) is 4.79. The van der Waals surface area contributed by atoms with Crippen molar-refractivity contribution >= 4 is 34.2 Å². The summed E-state index contributed by atoms with van der Waals surface area (Å²) < 4.78 is 2.25. The Labute approximate surface area is 117 Å². The zero-order valence-electron chi connectivity index (χ0n) is 10.4. The maximum atomic E-state index is 6.25. The van der Waals surface area contributed by atoms with Crippen molar-refractivity contribution in [2.75, 3.05) is 0 Å². The summed E-state index contributed by atoms with van der Waals surface area (Å²) in [5.74, 6) is 1.73. The molecule has 1 heterocycles. The summed E-state index contributed by atoms with van der Waals surface area (Å²) in [6.07, 6.45) is 3.98. The molecule has 1 aliphatic carbocycles. The largest absolute Gasteiger partial charge is 0.326 e. The van der Waals surface area contributed by atoms with Crippen LogP contribution in [0.15, 0.2) is 18.2 Å². The molecular weight excluding hydrogens is 267 g/mol. The second kappa shape index (κ2) is 4.75. The molecule has 0 aliphatic heterocycles. The van der Waals surface area contributed by atoms with Gasteiger partial charge in [0.2, 0.25) is 0 Å². The van der Waals surface area contributed by atoms with E-state index in [0.29, 0.717) is 0 Å². The average Bonchev–Trinajstić information content (AvgIpc) is 2.61. The van der Waals surface area contributed by atoms with Crippen molar-refractivity contribution in [3.63, 3.8) is 0 Å².